The van der Waals surface area contributed by atoms with Crippen LogP contribution in [0, 0.1) is 11.3 Å². The minimum Gasteiger partial charge on any atom is -0.347 e. The topological polar surface area (TPSA) is 21.7 Å². The van der Waals surface area contributed by atoms with Crippen LogP contribution in [0.5, 0.6) is 0 Å². The highest BCUT2D eigenvalue weighted by Gasteiger charge is 2.47. The predicted octanol–water partition coefficient (Wildman–Crippen LogP) is 5.94. The second-order valence-corrected chi connectivity index (χ2v) is 9.97. The van der Waals surface area contributed by atoms with Crippen molar-refractivity contribution in [3.8, 4) is 0 Å². The summed E-state index contributed by atoms with van der Waals surface area (Å²) in [6.07, 6.45) is 14.5. The van der Waals surface area contributed by atoms with Gasteiger partial charge >= 0.3 is 0 Å². The van der Waals surface area contributed by atoms with Gasteiger partial charge in [0, 0.05) is 25.9 Å². The van der Waals surface area contributed by atoms with E-state index in [4.69, 9.17) is 9.47 Å². The van der Waals surface area contributed by atoms with Crippen molar-refractivity contribution in [2.45, 2.75) is 103 Å². The minimum absolute atomic E-state index is 0.254. The van der Waals surface area contributed by atoms with Crippen LogP contribution in [0.2, 0.25) is 0 Å². The van der Waals surface area contributed by atoms with Crippen LogP contribution in [-0.2, 0) is 9.47 Å². The van der Waals surface area contributed by atoms with Crippen molar-refractivity contribution in [3.63, 3.8) is 0 Å². The van der Waals surface area contributed by atoms with Crippen molar-refractivity contribution >= 4 is 0 Å². The van der Waals surface area contributed by atoms with Gasteiger partial charge in [-0.15, -0.1) is 0 Å². The predicted molar refractivity (Wildman–Crippen MR) is 113 cm³/mol. The van der Waals surface area contributed by atoms with Crippen molar-refractivity contribution in [3.05, 3.63) is 12.2 Å². The monoisotopic (exact) mass is 377 g/mol. The summed E-state index contributed by atoms with van der Waals surface area (Å²) in [7, 11) is 0. The molecule has 0 aromatic heterocycles. The van der Waals surface area contributed by atoms with E-state index in [9.17, 15) is 0 Å². The summed E-state index contributed by atoms with van der Waals surface area (Å²) in [4.78, 5) is 2.51. The van der Waals surface area contributed by atoms with Crippen LogP contribution in [0.25, 0.3) is 0 Å². The molecule has 3 rings (SSSR count). The maximum absolute atomic E-state index is 6.52. The molecule has 3 aliphatic rings. The quantitative estimate of drug-likeness (QED) is 0.489. The highest BCUT2D eigenvalue weighted by Crippen LogP contribution is 2.51. The average molecular weight is 378 g/mol. The van der Waals surface area contributed by atoms with E-state index in [1.807, 2.05) is 0 Å². The van der Waals surface area contributed by atoms with Gasteiger partial charge in [0.2, 0.25) is 0 Å². The van der Waals surface area contributed by atoms with Crippen molar-refractivity contribution in [1.82, 2.24) is 4.90 Å². The van der Waals surface area contributed by atoms with E-state index in [1.165, 1.54) is 56.9 Å². The number of rotatable bonds is 8. The fourth-order valence-corrected chi connectivity index (χ4v) is 5.84. The molecule has 1 saturated heterocycles. The maximum atomic E-state index is 6.52. The first-order valence-electron chi connectivity index (χ1n) is 11.6. The fraction of sp³-hybridized carbons (Fsp3) is 0.917. The maximum Gasteiger partial charge on any atom is 0.168 e. The highest BCUT2D eigenvalue weighted by molar-refractivity contribution is 4.94. The van der Waals surface area contributed by atoms with E-state index in [0.29, 0.717) is 5.41 Å². The largest absolute Gasteiger partial charge is 0.347 e. The Balaban J connectivity index is 1.44. The first kappa shape index (κ1) is 21.3. The molecule has 1 atom stereocenters. The third kappa shape index (κ3) is 5.58. The summed E-state index contributed by atoms with van der Waals surface area (Å²) in [5.74, 6) is 0.626. The molecule has 2 saturated carbocycles. The zero-order valence-electron chi connectivity index (χ0n) is 18.2. The van der Waals surface area contributed by atoms with Gasteiger partial charge in [-0.1, -0.05) is 45.3 Å². The van der Waals surface area contributed by atoms with Crippen LogP contribution in [0.15, 0.2) is 12.2 Å². The summed E-state index contributed by atoms with van der Waals surface area (Å²) >= 11 is 0. The van der Waals surface area contributed by atoms with E-state index in [0.717, 1.165) is 51.4 Å². The lowest BCUT2D eigenvalue weighted by Crippen LogP contribution is -2.41. The van der Waals surface area contributed by atoms with Gasteiger partial charge in [-0.2, -0.15) is 0 Å². The third-order valence-corrected chi connectivity index (χ3v) is 7.44. The molecule has 1 unspecified atom stereocenters. The average Bonchev–Trinajstić information content (AvgIpc) is 3.03. The molecule has 156 valence electrons. The van der Waals surface area contributed by atoms with Crippen molar-refractivity contribution in [2.24, 2.45) is 11.3 Å². The Kier molecular flexibility index (Phi) is 7.44. The molecule has 1 aliphatic heterocycles. The van der Waals surface area contributed by atoms with Gasteiger partial charge < -0.3 is 9.47 Å². The molecule has 2 aliphatic carbocycles. The van der Waals surface area contributed by atoms with Crippen LogP contribution in [0.4, 0.5) is 0 Å². The van der Waals surface area contributed by atoms with E-state index >= 15 is 0 Å². The van der Waals surface area contributed by atoms with Gasteiger partial charge in [0.25, 0.3) is 0 Å². The Labute approximate surface area is 167 Å². The fourth-order valence-electron chi connectivity index (χ4n) is 5.84. The lowest BCUT2D eigenvalue weighted by atomic mass is 9.62. The first-order valence-corrected chi connectivity index (χ1v) is 11.6. The number of hydrogen-bond acceptors (Lipinski definition) is 3. The molecule has 0 radical (unpaired) electrons. The van der Waals surface area contributed by atoms with Crippen LogP contribution in [0.3, 0.4) is 0 Å². The summed E-state index contributed by atoms with van der Waals surface area (Å²) < 4.78 is 12.8. The number of hydrogen-bond donors (Lipinski definition) is 0. The normalized spacial score (nSPS) is 33.6. The second-order valence-electron chi connectivity index (χ2n) is 9.97. The van der Waals surface area contributed by atoms with Gasteiger partial charge in [0.1, 0.15) is 0 Å². The van der Waals surface area contributed by atoms with Gasteiger partial charge in [-0.3, -0.25) is 4.90 Å². The third-order valence-electron chi connectivity index (χ3n) is 7.44. The smallest absolute Gasteiger partial charge is 0.168 e. The van der Waals surface area contributed by atoms with Gasteiger partial charge in [0.05, 0.1) is 12.7 Å². The molecule has 1 spiro atoms. The van der Waals surface area contributed by atoms with Crippen LogP contribution < -0.4 is 0 Å². The zero-order chi connectivity index (χ0) is 19.3. The van der Waals surface area contributed by atoms with Gasteiger partial charge in [-0.05, 0) is 63.3 Å². The Morgan fingerprint density at radius 3 is 2.41 bits per heavy atom. The molecule has 0 aromatic rings. The Morgan fingerprint density at radius 2 is 1.78 bits per heavy atom. The van der Waals surface area contributed by atoms with Crippen molar-refractivity contribution < 1.29 is 9.47 Å². The van der Waals surface area contributed by atoms with Crippen LogP contribution in [0.1, 0.15) is 91.4 Å². The molecular weight excluding hydrogens is 334 g/mol. The van der Waals surface area contributed by atoms with E-state index in [-0.39, 0.29) is 11.9 Å². The molecule has 0 amide bonds. The molecule has 3 nitrogen and oxygen atoms in total. The van der Waals surface area contributed by atoms with Gasteiger partial charge in [-0.25, -0.2) is 0 Å². The summed E-state index contributed by atoms with van der Waals surface area (Å²) in [5.41, 5.74) is 1.83. The Bertz CT molecular complexity index is 475. The minimum atomic E-state index is -0.254. The standard InChI is InChI=1S/C24H43NO2/c1-5-16-25(18-20(2)3)17-11-22-19-26-24(27-22)14-9-21(10-15-24)23(4)12-7-6-8-13-23/h21-22H,2,5-19H2,1,3-4H3. The first-order chi connectivity index (χ1) is 12.9. The lowest BCUT2D eigenvalue weighted by Gasteiger charge is -2.46. The summed E-state index contributed by atoms with van der Waals surface area (Å²) in [6.45, 7) is 15.0. The second kappa shape index (κ2) is 9.41. The van der Waals surface area contributed by atoms with Crippen LogP contribution in [-0.4, -0.2) is 43.0 Å². The molecule has 0 bridgehead atoms. The molecule has 27 heavy (non-hydrogen) atoms. The molecule has 0 aromatic carbocycles. The summed E-state index contributed by atoms with van der Waals surface area (Å²) in [5, 5.41) is 0. The SMILES string of the molecule is C=C(C)CN(CCC)CCC1COC2(CCC(C3(C)CCCCC3)CC2)O1. The lowest BCUT2D eigenvalue weighted by molar-refractivity contribution is -0.199. The molecule has 0 N–H and O–H groups in total. The zero-order valence-corrected chi connectivity index (χ0v) is 18.2. The van der Waals surface area contributed by atoms with Crippen LogP contribution >= 0.6 is 0 Å². The van der Waals surface area contributed by atoms with E-state index in [2.05, 4.69) is 32.3 Å². The van der Waals surface area contributed by atoms with Crippen molar-refractivity contribution in [2.75, 3.05) is 26.2 Å². The number of ether oxygens (including phenoxy) is 2. The number of nitrogens with zero attached hydrogens (tertiary/aromatic N) is 1. The summed E-state index contributed by atoms with van der Waals surface area (Å²) in [6, 6.07) is 0. The van der Waals surface area contributed by atoms with Gasteiger partial charge in [0.15, 0.2) is 5.79 Å². The highest BCUT2D eigenvalue weighted by atomic mass is 16.7. The molecule has 3 fully saturated rings. The molecular formula is C24H43NO2. The molecule has 1 heterocycles. The van der Waals surface area contributed by atoms with Crippen molar-refractivity contribution in [1.29, 1.82) is 0 Å². The Morgan fingerprint density at radius 1 is 1.07 bits per heavy atom. The van der Waals surface area contributed by atoms with E-state index in [1.54, 1.807) is 0 Å². The van der Waals surface area contributed by atoms with E-state index < -0.39 is 0 Å². The Hall–Kier alpha value is -0.380. The molecule has 3 heteroatoms.